The highest BCUT2D eigenvalue weighted by Gasteiger charge is 2.43. The van der Waals surface area contributed by atoms with Crippen LogP contribution in [-0.2, 0) is 44.6 Å². The number of unbranched alkanes of at least 4 members (excludes halogenated alkanes) is 4. The number of rotatable bonds is 50. The van der Waals surface area contributed by atoms with Crippen LogP contribution in [0.3, 0.4) is 0 Å². The number of para-hydroxylation sites is 1. The fourth-order valence-electron chi connectivity index (χ4n) is 15.0. The highest BCUT2D eigenvalue weighted by Crippen LogP contribution is 2.41. The molecule has 0 aliphatic heterocycles. The predicted octanol–water partition coefficient (Wildman–Crippen LogP) is 17.6. The van der Waals surface area contributed by atoms with Crippen LogP contribution in [0.1, 0.15) is 184 Å². The number of carbonyl (C=O) groups is 4. The van der Waals surface area contributed by atoms with Crippen LogP contribution < -0.4 is 26.0 Å². The number of ether oxygens (including phenoxy) is 1. The van der Waals surface area contributed by atoms with Crippen LogP contribution in [0.5, 0.6) is 5.75 Å². The molecule has 14 atom stereocenters. The summed E-state index contributed by atoms with van der Waals surface area (Å²) in [6.45, 7) is 6.02. The third-order valence-electron chi connectivity index (χ3n) is 22.3. The van der Waals surface area contributed by atoms with Gasteiger partial charge in [0.15, 0.2) is 6.61 Å². The maximum Gasteiger partial charge on any atom is 0.416 e. The van der Waals surface area contributed by atoms with Crippen molar-refractivity contribution in [2.45, 2.75) is 248 Å². The van der Waals surface area contributed by atoms with Crippen molar-refractivity contribution >= 4 is 23.6 Å². The summed E-state index contributed by atoms with van der Waals surface area (Å²) in [6, 6.07) is 31.0. The second-order valence-electron chi connectivity index (χ2n) is 32.3. The molecule has 7 rings (SSSR count). The van der Waals surface area contributed by atoms with Crippen molar-refractivity contribution in [2.75, 3.05) is 46.5 Å². The Kier molecular flexibility index (Phi) is 51.8. The normalized spacial score (nSPS) is 21.7. The van der Waals surface area contributed by atoms with Crippen molar-refractivity contribution < 1.29 is 113 Å². The smallest absolute Gasteiger partial charge is 0.416 e. The van der Waals surface area contributed by atoms with Gasteiger partial charge >= 0.3 is 6.18 Å². The first-order chi connectivity index (χ1) is 60.0. The summed E-state index contributed by atoms with van der Waals surface area (Å²) in [6.07, 6.45) is 23.0. The zero-order valence-corrected chi connectivity index (χ0v) is 73.0. The fraction of sp³-hybridized carbons (Fsp3) is 0.551. The molecule has 12 N–H and O–H groups in total. The molecule has 4 amide bonds. The topological polar surface area (TPSA) is 287 Å². The Labute approximate surface area is 736 Å². The summed E-state index contributed by atoms with van der Waals surface area (Å²) in [4.78, 5) is 45.4. The van der Waals surface area contributed by atoms with E-state index in [1.807, 2.05) is 130 Å². The molecule has 3 aliphatic rings. The van der Waals surface area contributed by atoms with Gasteiger partial charge in [-0.05, 0) is 200 Å². The number of hydrogen-bond acceptors (Lipinski definition) is 13. The molecule has 17 nitrogen and oxygen atoms in total. The minimum Gasteiger partial charge on any atom is -0.487 e. The number of aliphatic hydroxyl groups is 8. The first-order valence-electron chi connectivity index (χ1n) is 44.1. The van der Waals surface area contributed by atoms with E-state index < -0.39 is 115 Å². The first-order valence-corrected chi connectivity index (χ1v) is 44.1. The molecule has 0 radical (unpaired) electrons. The molecule has 0 aromatic heterocycles. The molecular weight excluding hydrogens is 1650 g/mol. The molecule has 3 fully saturated rings. The van der Waals surface area contributed by atoms with Crippen LogP contribution in [0.2, 0.25) is 0 Å². The molecule has 126 heavy (non-hydrogen) atoms. The van der Waals surface area contributed by atoms with E-state index in [0.29, 0.717) is 109 Å². The molecule has 28 heteroatoms. The van der Waals surface area contributed by atoms with E-state index in [1.54, 1.807) is 37.4 Å². The molecule has 0 bridgehead atoms. The maximum atomic E-state index is 14.5. The number of amides is 4. The third kappa shape index (κ3) is 45.4. The van der Waals surface area contributed by atoms with Gasteiger partial charge in [0, 0.05) is 128 Å². The number of aliphatic hydroxyl groups excluding tert-OH is 8. The Hall–Kier alpha value is -8.61. The van der Waals surface area contributed by atoms with E-state index >= 15 is 0 Å². The molecule has 3 saturated carbocycles. The van der Waals surface area contributed by atoms with Gasteiger partial charge in [-0.2, -0.15) is 22.0 Å². The minimum absolute atomic E-state index is 0.00358. The first kappa shape index (κ1) is 110. The number of allylic oxidation sites excluding steroid dienone is 11. The van der Waals surface area contributed by atoms with Crippen LogP contribution in [0.15, 0.2) is 212 Å². The van der Waals surface area contributed by atoms with Crippen LogP contribution in [0, 0.1) is 47.3 Å². The minimum atomic E-state index is -4.54. The number of hydrogen-bond donors (Lipinski definition) is 12. The highest BCUT2D eigenvalue weighted by atomic mass is 19.4. The van der Waals surface area contributed by atoms with Gasteiger partial charge in [-0.3, -0.25) is 19.2 Å². The highest BCUT2D eigenvalue weighted by molar-refractivity contribution is 5.76. The number of aryl methyl sites for hydroxylation is 3. The third-order valence-corrected chi connectivity index (χ3v) is 22.3. The lowest BCUT2D eigenvalue weighted by atomic mass is 9.89. The van der Waals surface area contributed by atoms with Crippen molar-refractivity contribution in [3.63, 3.8) is 0 Å². The molecule has 0 heterocycles. The van der Waals surface area contributed by atoms with E-state index in [-0.39, 0.29) is 112 Å². The largest absolute Gasteiger partial charge is 0.487 e. The van der Waals surface area contributed by atoms with Gasteiger partial charge in [-0.25, -0.2) is 26.3 Å². The molecule has 4 aromatic rings. The zero-order chi connectivity index (χ0) is 93.0. The molecule has 0 saturated heterocycles. The van der Waals surface area contributed by atoms with Crippen LogP contribution in [-0.4, -0.2) is 171 Å². The van der Waals surface area contributed by atoms with E-state index in [0.717, 1.165) is 67.2 Å². The zero-order valence-electron chi connectivity index (χ0n) is 73.0. The maximum absolute atomic E-state index is 14.5. The van der Waals surface area contributed by atoms with Gasteiger partial charge in [0.1, 0.15) is 5.75 Å². The summed E-state index contributed by atoms with van der Waals surface area (Å²) < 4.78 is 158. The molecule has 702 valence electrons. The van der Waals surface area contributed by atoms with E-state index in [4.69, 9.17) is 4.74 Å². The Morgan fingerprint density at radius 3 is 1.12 bits per heavy atom. The van der Waals surface area contributed by atoms with Crippen molar-refractivity contribution in [2.24, 2.45) is 47.3 Å². The van der Waals surface area contributed by atoms with Gasteiger partial charge < -0.3 is 66.9 Å². The van der Waals surface area contributed by atoms with Gasteiger partial charge in [-0.15, -0.1) is 0 Å². The second-order valence-corrected chi connectivity index (χ2v) is 32.3. The standard InChI is InChI=1S/C26H34F5NO3.C25H35F2NO3.C24H33F2NO3.C23H33F2NO4/c1-2-32-24(35)11-6-4-3-5-10-20-21(23(34)17-22(20)33)13-15-25(27,28)14-12-18-8-7-9-19(16-18)26(29,30)31;1-2-28-24(31)13-9-4-3-8-12-20-21(23(30)18-22(20)29)15-17-25(26,27)16-14-19-10-6-5-7-11-19;1-27-23(30)12-8-3-2-7-11-19-20(22(29)17-21(19)28)14-16-24(25,26)15-13-18-9-5-4-6-10-18;1-2-26-22(29)13-9-4-3-6-10-19(16-27)20(17-28)14-15-23(24,25)18-30-21-11-7-5-8-12-21/h3,5,7-9,13,15-16,20-23,33-34H,2,4,6,10-12,14,17H2,1H3,(H,32,35);3,5-8,10-11,15,17,20-23,29-30H,2,4,9,12-14,16,18H2,1H3,(H,28,31);2,4-7,9-10,14,16,19-22,28-29H,3,8,11-13,15,17H2,1H3,(H,27,30);3,5-8,11-12,14-15,19-20,27-28H,2,4,9-10,13,16-18H2,1H3,(H,26,29)/b5-3+,15-13+;8-3+,17-15+;7-2+,16-14+;6-3+,15-14+/t2*20-,21-,22?,23?;19-,20-,21?,22?;19-,20-/m1110/s1. The van der Waals surface area contributed by atoms with Crippen molar-refractivity contribution in [3.05, 3.63) is 235 Å². The average Bonchev–Trinajstić information content (AvgIpc) is 1.67. The lowest BCUT2D eigenvalue weighted by Crippen LogP contribution is -2.25. The van der Waals surface area contributed by atoms with Gasteiger partial charge in [0.05, 0.1) is 42.2 Å². The predicted molar refractivity (Wildman–Crippen MR) is 470 cm³/mol. The Morgan fingerprint density at radius 2 is 0.770 bits per heavy atom. The summed E-state index contributed by atoms with van der Waals surface area (Å²) in [5.41, 5.74) is 1.01. The van der Waals surface area contributed by atoms with E-state index in [2.05, 4.69) is 21.3 Å². The number of carbonyl (C=O) groups excluding carboxylic acids is 4. The average molecular weight is 1790 g/mol. The van der Waals surface area contributed by atoms with Crippen molar-refractivity contribution in [3.8, 4) is 5.75 Å². The van der Waals surface area contributed by atoms with Crippen molar-refractivity contribution in [1.29, 1.82) is 0 Å². The van der Waals surface area contributed by atoms with Crippen molar-refractivity contribution in [1.82, 2.24) is 21.3 Å². The molecule has 0 spiro atoms. The molecule has 4 aromatic carbocycles. The van der Waals surface area contributed by atoms with Crippen LogP contribution in [0.25, 0.3) is 0 Å². The number of halogens is 11. The van der Waals surface area contributed by atoms with Gasteiger partial charge in [0.25, 0.3) is 23.7 Å². The molecule has 3 aliphatic carbocycles. The Morgan fingerprint density at radius 1 is 0.421 bits per heavy atom. The SMILES string of the molecule is CCNC(=O)CCC/C=C/C[C@@H](CO)[C@@H](/C=C/C(F)(F)COc1ccccc1)CO.CCNC(=O)CCC/C=C/C[C@H]1C(O)CC(O)[C@@H]1/C=C/C(F)(F)CCc1cccc(C(F)(F)F)c1.CCNC(=O)CCC/C=C/C[C@H]1C(O)CC(O)[C@@H]1/C=C/C(F)(F)CCc1ccccc1.CNC(=O)CCC/C=C/C[C@H]1C(O)CC(O)[C@@H]1/C=C/C(F)(F)CCc1ccccc1. The van der Waals surface area contributed by atoms with E-state index in [9.17, 15) is 108 Å². The number of benzene rings is 4. The Bertz CT molecular complexity index is 3940. The lowest BCUT2D eigenvalue weighted by molar-refractivity contribution is -0.137. The summed E-state index contributed by atoms with van der Waals surface area (Å²) in [7, 11) is 1.60. The van der Waals surface area contributed by atoms with Crippen LogP contribution in [0.4, 0.5) is 48.3 Å². The molecule has 6 unspecified atom stereocenters. The quantitative estimate of drug-likeness (QED) is 0.0111. The number of nitrogens with one attached hydrogen (secondary N) is 4. The second kappa shape index (κ2) is 59.5. The lowest BCUT2D eigenvalue weighted by Gasteiger charge is -2.21. The number of alkyl halides is 11. The van der Waals surface area contributed by atoms with E-state index in [1.165, 1.54) is 36.4 Å². The fourth-order valence-corrected chi connectivity index (χ4v) is 15.0. The van der Waals surface area contributed by atoms with Gasteiger partial charge in [-0.1, -0.05) is 170 Å². The monoisotopic (exact) mass is 1780 g/mol. The van der Waals surface area contributed by atoms with Crippen LogP contribution >= 0.6 is 0 Å². The molecular formula is C98H135F11N4O13. The summed E-state index contributed by atoms with van der Waals surface area (Å²) in [5.74, 6) is -15.7. The summed E-state index contributed by atoms with van der Waals surface area (Å²) >= 11 is 0. The van der Waals surface area contributed by atoms with Gasteiger partial charge in [0.2, 0.25) is 23.6 Å². The summed E-state index contributed by atoms with van der Waals surface area (Å²) in [5, 5.41) is 91.5. The Balaban J connectivity index is 0.000000353.